The second kappa shape index (κ2) is 5.89. The molecule has 1 aliphatic heterocycles. The molecule has 1 aromatic carbocycles. The molecule has 0 bridgehead atoms. The Morgan fingerprint density at radius 3 is 2.78 bits per heavy atom. The monoisotopic (exact) mass is 306 g/mol. The van der Waals surface area contributed by atoms with Crippen LogP contribution in [0.25, 0.3) is 5.69 Å². The van der Waals surface area contributed by atoms with Crippen molar-refractivity contribution in [2.75, 3.05) is 6.54 Å². The fourth-order valence-electron chi connectivity index (χ4n) is 3.05. The number of hydrogen-bond acceptors (Lipinski definition) is 5. The standard InChI is InChI=1S/C17H18N6/c1-13(15-11-18-8-9-19-15)22-10-7-17-16(12-22)20-21-23(17)14-5-3-2-4-6-14/h2-6,8-9,11,13H,7,10,12H2,1H3. The summed E-state index contributed by atoms with van der Waals surface area (Å²) < 4.78 is 1.96. The van der Waals surface area contributed by atoms with Gasteiger partial charge in [0.2, 0.25) is 0 Å². The van der Waals surface area contributed by atoms with Gasteiger partial charge in [-0.2, -0.15) is 0 Å². The normalized spacial score (nSPS) is 16.0. The third-order valence-electron chi connectivity index (χ3n) is 4.39. The van der Waals surface area contributed by atoms with Gasteiger partial charge in [-0.15, -0.1) is 5.10 Å². The first-order valence-corrected chi connectivity index (χ1v) is 7.82. The summed E-state index contributed by atoms with van der Waals surface area (Å²) in [5.41, 5.74) is 4.32. The molecule has 23 heavy (non-hydrogen) atoms. The van der Waals surface area contributed by atoms with E-state index >= 15 is 0 Å². The SMILES string of the molecule is CC(c1cnccn1)N1CCc2c(nnn2-c2ccccc2)C1. The highest BCUT2D eigenvalue weighted by Crippen LogP contribution is 2.26. The van der Waals surface area contributed by atoms with Gasteiger partial charge >= 0.3 is 0 Å². The number of benzene rings is 1. The van der Waals surface area contributed by atoms with E-state index in [1.165, 1.54) is 5.69 Å². The number of para-hydroxylation sites is 1. The maximum absolute atomic E-state index is 4.42. The summed E-state index contributed by atoms with van der Waals surface area (Å²) in [7, 11) is 0. The topological polar surface area (TPSA) is 59.7 Å². The molecule has 0 amide bonds. The van der Waals surface area contributed by atoms with E-state index in [-0.39, 0.29) is 6.04 Å². The van der Waals surface area contributed by atoms with Crippen LogP contribution in [0.4, 0.5) is 0 Å². The minimum absolute atomic E-state index is 0.221. The average molecular weight is 306 g/mol. The molecule has 1 atom stereocenters. The van der Waals surface area contributed by atoms with Crippen LogP contribution in [-0.2, 0) is 13.0 Å². The van der Waals surface area contributed by atoms with Gasteiger partial charge in [0.1, 0.15) is 5.69 Å². The number of fused-ring (bicyclic) bond motifs is 1. The van der Waals surface area contributed by atoms with Crippen LogP contribution in [0.5, 0.6) is 0 Å². The van der Waals surface area contributed by atoms with Gasteiger partial charge in [-0.1, -0.05) is 23.4 Å². The molecular formula is C17H18N6. The van der Waals surface area contributed by atoms with E-state index in [0.29, 0.717) is 0 Å². The molecule has 0 radical (unpaired) electrons. The minimum atomic E-state index is 0.221. The smallest absolute Gasteiger partial charge is 0.100 e. The Labute approximate surface area is 134 Å². The number of aromatic nitrogens is 5. The summed E-state index contributed by atoms with van der Waals surface area (Å²) >= 11 is 0. The van der Waals surface area contributed by atoms with Crippen LogP contribution in [0.15, 0.2) is 48.9 Å². The van der Waals surface area contributed by atoms with Gasteiger partial charge in [-0.05, 0) is 19.1 Å². The Bertz CT molecular complexity index is 783. The molecule has 6 heteroatoms. The second-order valence-corrected chi connectivity index (χ2v) is 5.76. The Hall–Kier alpha value is -2.60. The average Bonchev–Trinajstić information content (AvgIpc) is 3.06. The van der Waals surface area contributed by atoms with Crippen LogP contribution in [0.1, 0.15) is 30.0 Å². The number of rotatable bonds is 3. The lowest BCUT2D eigenvalue weighted by Crippen LogP contribution is -2.34. The summed E-state index contributed by atoms with van der Waals surface area (Å²) in [4.78, 5) is 11.0. The Morgan fingerprint density at radius 2 is 2.00 bits per heavy atom. The predicted molar refractivity (Wildman–Crippen MR) is 85.9 cm³/mol. The molecule has 1 aliphatic rings. The van der Waals surface area contributed by atoms with Crippen LogP contribution < -0.4 is 0 Å². The lowest BCUT2D eigenvalue weighted by atomic mass is 10.1. The third-order valence-corrected chi connectivity index (χ3v) is 4.39. The molecule has 2 aromatic heterocycles. The molecule has 1 unspecified atom stereocenters. The Kier molecular flexibility index (Phi) is 3.59. The van der Waals surface area contributed by atoms with Crippen molar-refractivity contribution in [2.45, 2.75) is 25.9 Å². The fourth-order valence-corrected chi connectivity index (χ4v) is 3.05. The largest absolute Gasteiger partial charge is 0.289 e. The van der Waals surface area contributed by atoms with Gasteiger partial charge in [0, 0.05) is 38.1 Å². The van der Waals surface area contributed by atoms with Crippen molar-refractivity contribution < 1.29 is 0 Å². The first-order valence-electron chi connectivity index (χ1n) is 7.82. The lowest BCUT2D eigenvalue weighted by molar-refractivity contribution is 0.185. The van der Waals surface area contributed by atoms with E-state index in [0.717, 1.165) is 36.6 Å². The van der Waals surface area contributed by atoms with Crippen LogP contribution in [0.2, 0.25) is 0 Å². The summed E-state index contributed by atoms with van der Waals surface area (Å²) in [5.74, 6) is 0. The van der Waals surface area contributed by atoms with Crippen LogP contribution in [0, 0.1) is 0 Å². The maximum Gasteiger partial charge on any atom is 0.100 e. The molecule has 4 rings (SSSR count). The third kappa shape index (κ3) is 2.61. The lowest BCUT2D eigenvalue weighted by Gasteiger charge is -2.31. The van der Waals surface area contributed by atoms with Gasteiger partial charge in [0.05, 0.1) is 23.1 Å². The molecular weight excluding hydrogens is 288 g/mol. The van der Waals surface area contributed by atoms with Crippen molar-refractivity contribution in [3.8, 4) is 5.69 Å². The molecule has 0 fully saturated rings. The molecule has 0 saturated heterocycles. The van der Waals surface area contributed by atoms with Gasteiger partial charge in [-0.3, -0.25) is 14.9 Å². The summed E-state index contributed by atoms with van der Waals surface area (Å²) in [6, 6.07) is 10.4. The quantitative estimate of drug-likeness (QED) is 0.742. The first-order chi connectivity index (χ1) is 11.3. The molecule has 0 N–H and O–H groups in total. The van der Waals surface area contributed by atoms with E-state index in [9.17, 15) is 0 Å². The van der Waals surface area contributed by atoms with Crippen molar-refractivity contribution >= 4 is 0 Å². The molecule has 0 saturated carbocycles. The van der Waals surface area contributed by atoms with E-state index < -0.39 is 0 Å². The Morgan fingerprint density at radius 1 is 1.13 bits per heavy atom. The van der Waals surface area contributed by atoms with Gasteiger partial charge in [-0.25, -0.2) is 4.68 Å². The van der Waals surface area contributed by atoms with E-state index in [4.69, 9.17) is 0 Å². The zero-order valence-electron chi connectivity index (χ0n) is 13.0. The molecule has 0 aliphatic carbocycles. The van der Waals surface area contributed by atoms with Gasteiger partial charge in [0.15, 0.2) is 0 Å². The molecule has 3 heterocycles. The van der Waals surface area contributed by atoms with Crippen molar-refractivity contribution in [3.63, 3.8) is 0 Å². The molecule has 6 nitrogen and oxygen atoms in total. The molecule has 3 aromatic rings. The van der Waals surface area contributed by atoms with Crippen molar-refractivity contribution in [1.82, 2.24) is 29.9 Å². The van der Waals surface area contributed by atoms with E-state index in [1.807, 2.05) is 29.1 Å². The fraction of sp³-hybridized carbons (Fsp3) is 0.294. The highest BCUT2D eigenvalue weighted by atomic mass is 15.4. The predicted octanol–water partition coefficient (Wildman–Crippen LogP) is 2.18. The van der Waals surface area contributed by atoms with Gasteiger partial charge in [0.25, 0.3) is 0 Å². The zero-order chi connectivity index (χ0) is 15.6. The summed E-state index contributed by atoms with van der Waals surface area (Å²) in [6.07, 6.45) is 6.21. The Balaban J connectivity index is 1.58. The van der Waals surface area contributed by atoms with E-state index in [1.54, 1.807) is 12.4 Å². The zero-order valence-corrected chi connectivity index (χ0v) is 13.0. The van der Waals surface area contributed by atoms with Crippen LogP contribution >= 0.6 is 0 Å². The summed E-state index contributed by atoms with van der Waals surface area (Å²) in [6.45, 7) is 3.92. The number of nitrogens with zero attached hydrogens (tertiary/aromatic N) is 6. The van der Waals surface area contributed by atoms with Crippen molar-refractivity contribution in [2.24, 2.45) is 0 Å². The molecule has 0 spiro atoms. The molecule has 116 valence electrons. The van der Waals surface area contributed by atoms with E-state index in [2.05, 4.69) is 44.2 Å². The minimum Gasteiger partial charge on any atom is -0.289 e. The van der Waals surface area contributed by atoms with Crippen molar-refractivity contribution in [3.05, 3.63) is 66.0 Å². The van der Waals surface area contributed by atoms with Crippen molar-refractivity contribution in [1.29, 1.82) is 0 Å². The number of hydrogen-bond donors (Lipinski definition) is 0. The highest BCUT2D eigenvalue weighted by molar-refractivity contribution is 5.33. The second-order valence-electron chi connectivity index (χ2n) is 5.76. The highest BCUT2D eigenvalue weighted by Gasteiger charge is 2.26. The van der Waals surface area contributed by atoms with Crippen LogP contribution in [-0.4, -0.2) is 36.4 Å². The summed E-state index contributed by atoms with van der Waals surface area (Å²) in [5, 5.41) is 8.74. The van der Waals surface area contributed by atoms with Crippen LogP contribution in [0.3, 0.4) is 0 Å². The van der Waals surface area contributed by atoms with Gasteiger partial charge < -0.3 is 0 Å². The maximum atomic E-state index is 4.42. The first kappa shape index (κ1) is 14.0.